The van der Waals surface area contributed by atoms with Gasteiger partial charge < -0.3 is 30.2 Å². The molecule has 3 amide bonds. The summed E-state index contributed by atoms with van der Waals surface area (Å²) in [6.07, 6.45) is 4.97. The van der Waals surface area contributed by atoms with Crippen molar-refractivity contribution in [3.8, 4) is 11.3 Å². The second kappa shape index (κ2) is 19.0. The lowest BCUT2D eigenvalue weighted by Crippen LogP contribution is -2.47. The number of rotatable bonds is 16. The average Bonchev–Trinajstić information content (AvgIpc) is 3.43. The fraction of sp³-hybridized carbons (Fsp3) is 0.462. The summed E-state index contributed by atoms with van der Waals surface area (Å²) in [4.78, 5) is 63.2. The third-order valence-electron chi connectivity index (χ3n) is 5.76. The number of aldehydes is 1. The van der Waals surface area contributed by atoms with Crippen molar-refractivity contribution >= 4 is 32.9 Å². The van der Waals surface area contributed by atoms with Crippen molar-refractivity contribution in [1.82, 2.24) is 21.0 Å². The Morgan fingerprint density at radius 1 is 1.05 bits per heavy atom. The van der Waals surface area contributed by atoms with Crippen LogP contribution in [-0.4, -0.2) is 70.6 Å². The summed E-state index contributed by atoms with van der Waals surface area (Å²) in [5.41, 5.74) is 1.26. The van der Waals surface area contributed by atoms with Gasteiger partial charge in [-0.05, 0) is 32.0 Å². The number of hydroxylamine groups is 2. The molecule has 216 valence electrons. The minimum atomic E-state index is -1.71. The number of nitrogens with one attached hydrogen (secondary N) is 3. The van der Waals surface area contributed by atoms with E-state index >= 15 is 0 Å². The van der Waals surface area contributed by atoms with Gasteiger partial charge >= 0.3 is 0 Å². The van der Waals surface area contributed by atoms with Crippen molar-refractivity contribution in [1.29, 1.82) is 0 Å². The van der Waals surface area contributed by atoms with Crippen molar-refractivity contribution in [2.75, 3.05) is 20.0 Å². The van der Waals surface area contributed by atoms with Crippen LogP contribution in [0.4, 0.5) is 0 Å². The van der Waals surface area contributed by atoms with E-state index < -0.39 is 26.2 Å². The predicted octanol–water partition coefficient (Wildman–Crippen LogP) is 2.85. The van der Waals surface area contributed by atoms with E-state index in [9.17, 15) is 24.4 Å². The van der Waals surface area contributed by atoms with Gasteiger partial charge in [-0.1, -0.05) is 57.4 Å². The molecule has 0 spiro atoms. The van der Waals surface area contributed by atoms with Crippen LogP contribution in [0.2, 0.25) is 0 Å². The van der Waals surface area contributed by atoms with Gasteiger partial charge in [-0.2, -0.15) is 0 Å². The van der Waals surface area contributed by atoms with Crippen molar-refractivity contribution in [3.63, 3.8) is 0 Å². The van der Waals surface area contributed by atoms with Gasteiger partial charge in [0.1, 0.15) is 12.0 Å². The molecule has 13 heteroatoms. The van der Waals surface area contributed by atoms with Crippen molar-refractivity contribution in [2.24, 2.45) is 5.92 Å². The van der Waals surface area contributed by atoms with Crippen LogP contribution in [0.3, 0.4) is 0 Å². The first-order valence-electron chi connectivity index (χ1n) is 12.7. The molecule has 39 heavy (non-hydrogen) atoms. The van der Waals surface area contributed by atoms with Gasteiger partial charge in [-0.15, -0.1) is 0 Å². The summed E-state index contributed by atoms with van der Waals surface area (Å²) >= 11 is 0. The Morgan fingerprint density at radius 3 is 2.26 bits per heavy atom. The highest BCUT2D eigenvalue weighted by atomic mass is 31.2. The van der Waals surface area contributed by atoms with E-state index in [1.165, 1.54) is 6.07 Å². The molecule has 0 radical (unpaired) electrons. The van der Waals surface area contributed by atoms with E-state index in [1.807, 2.05) is 6.92 Å². The molecule has 1 aromatic carbocycles. The molecule has 0 saturated carbocycles. The van der Waals surface area contributed by atoms with E-state index in [4.69, 9.17) is 14.2 Å². The van der Waals surface area contributed by atoms with Crippen molar-refractivity contribution in [3.05, 3.63) is 47.7 Å². The number of unbranched alkanes of at least 4 members (excludes halogenated alkanes) is 2. The number of furan rings is 1. The first-order valence-corrected chi connectivity index (χ1v) is 14.1. The Hall–Kier alpha value is -3.15. The minimum absolute atomic E-state index is 0.0760. The number of hydrogen-bond donors (Lipinski definition) is 6. The van der Waals surface area contributed by atoms with Crippen LogP contribution >= 0.6 is 8.38 Å². The maximum atomic E-state index is 12.8. The Balaban J connectivity index is 0.00000113. The number of benzene rings is 1. The van der Waals surface area contributed by atoms with Gasteiger partial charge in [0.15, 0.2) is 14.1 Å². The first-order chi connectivity index (χ1) is 18.7. The smallest absolute Gasteiger partial charge is 0.288 e. The van der Waals surface area contributed by atoms with Gasteiger partial charge in [0.2, 0.25) is 12.3 Å². The van der Waals surface area contributed by atoms with Gasteiger partial charge in [-0.3, -0.25) is 24.4 Å². The summed E-state index contributed by atoms with van der Waals surface area (Å²) in [6, 6.07) is 9.27. The predicted molar refractivity (Wildman–Crippen MR) is 147 cm³/mol. The molecule has 1 aromatic heterocycles. The Bertz CT molecular complexity index is 1020. The highest BCUT2D eigenvalue weighted by Crippen LogP contribution is 2.23. The molecule has 6 N–H and O–H groups in total. The molecule has 1 heterocycles. The number of carbonyl (C=O) groups excluding carboxylic acids is 4. The van der Waals surface area contributed by atoms with E-state index in [0.29, 0.717) is 41.9 Å². The standard InChI is InChI=1S/C24H31N3O6.C2H8NO2P/c1-3-5-6-7-19(20(4-2)27(32)16-29)23(30)25-15-26-24(31)22-13-12-21(33-22)18-10-8-17(14-28)9-11-18;1-3-2-6(4)5/h8-14,16,19-20,32H,3-7,15H2,1-2H3,(H,25,30)(H,26,31);3-5H,2H2,1H3. The van der Waals surface area contributed by atoms with E-state index in [-0.39, 0.29) is 18.3 Å². The third-order valence-corrected chi connectivity index (χ3v) is 6.36. The van der Waals surface area contributed by atoms with Crippen LogP contribution in [0, 0.1) is 5.92 Å². The van der Waals surface area contributed by atoms with Gasteiger partial charge in [0, 0.05) is 11.1 Å². The van der Waals surface area contributed by atoms with Crippen molar-refractivity contribution in [2.45, 2.75) is 52.0 Å². The zero-order valence-electron chi connectivity index (χ0n) is 22.5. The molecule has 0 aliphatic carbocycles. The summed E-state index contributed by atoms with van der Waals surface area (Å²) in [5.74, 6) is -0.905. The lowest BCUT2D eigenvalue weighted by molar-refractivity contribution is -0.168. The zero-order valence-corrected chi connectivity index (χ0v) is 23.4. The highest BCUT2D eigenvalue weighted by Gasteiger charge is 2.30. The van der Waals surface area contributed by atoms with Crippen LogP contribution in [0.5, 0.6) is 0 Å². The zero-order chi connectivity index (χ0) is 29.2. The van der Waals surface area contributed by atoms with E-state index in [2.05, 4.69) is 16.0 Å². The number of carbonyl (C=O) groups is 4. The summed E-state index contributed by atoms with van der Waals surface area (Å²) in [5, 5.41) is 18.2. The second-order valence-electron chi connectivity index (χ2n) is 8.57. The molecule has 2 unspecified atom stereocenters. The molecule has 0 aliphatic heterocycles. The SMILES string of the molecule is CCCCCC(C(=O)NCNC(=O)c1ccc(-c2ccc(C=O)cc2)o1)C(CC)N(O)C=O.CNCP(O)O. The minimum Gasteiger partial charge on any atom is -0.451 e. The molecule has 0 bridgehead atoms. The van der Waals surface area contributed by atoms with Crippen LogP contribution in [0.15, 0.2) is 40.8 Å². The van der Waals surface area contributed by atoms with Crippen LogP contribution < -0.4 is 16.0 Å². The molecule has 0 fully saturated rings. The summed E-state index contributed by atoms with van der Waals surface area (Å²) in [7, 11) is -0.0433. The number of amides is 3. The molecule has 2 rings (SSSR count). The van der Waals surface area contributed by atoms with E-state index in [0.717, 1.165) is 31.1 Å². The highest BCUT2D eigenvalue weighted by molar-refractivity contribution is 7.44. The number of hydrogen-bond acceptors (Lipinski definition) is 9. The molecule has 0 aliphatic rings. The van der Waals surface area contributed by atoms with Gasteiger partial charge in [-0.25, -0.2) is 5.06 Å². The quantitative estimate of drug-likeness (QED) is 0.0444. The normalized spacial score (nSPS) is 12.1. The maximum absolute atomic E-state index is 12.8. The maximum Gasteiger partial charge on any atom is 0.288 e. The fourth-order valence-electron chi connectivity index (χ4n) is 3.76. The monoisotopic (exact) mass is 566 g/mol. The topological polar surface area (TPSA) is 181 Å². The molecule has 12 nitrogen and oxygen atoms in total. The number of nitrogens with zero attached hydrogens (tertiary/aromatic N) is 1. The lowest BCUT2D eigenvalue weighted by atomic mass is 9.90. The van der Waals surface area contributed by atoms with E-state index in [1.54, 1.807) is 44.3 Å². The van der Waals surface area contributed by atoms with Crippen molar-refractivity contribution < 1.29 is 38.6 Å². The molecular formula is C26H39N4O8P. The molecule has 0 saturated heterocycles. The Kier molecular flexibility index (Phi) is 16.5. The largest absolute Gasteiger partial charge is 0.451 e. The molecular weight excluding hydrogens is 527 g/mol. The first kappa shape index (κ1) is 33.9. The third kappa shape index (κ3) is 12.1. The lowest BCUT2D eigenvalue weighted by Gasteiger charge is -2.29. The molecule has 2 atom stereocenters. The summed E-state index contributed by atoms with van der Waals surface area (Å²) < 4.78 is 5.59. The molecule has 2 aromatic rings. The Morgan fingerprint density at radius 2 is 1.74 bits per heavy atom. The van der Waals surface area contributed by atoms with Crippen LogP contribution in [0.25, 0.3) is 11.3 Å². The summed E-state index contributed by atoms with van der Waals surface area (Å²) in [6.45, 7) is 3.71. The van der Waals surface area contributed by atoms with Crippen LogP contribution in [-0.2, 0) is 9.59 Å². The van der Waals surface area contributed by atoms with Crippen LogP contribution in [0.1, 0.15) is 66.9 Å². The van der Waals surface area contributed by atoms with Gasteiger partial charge in [0.05, 0.1) is 24.9 Å². The second-order valence-corrected chi connectivity index (χ2v) is 9.64. The van der Waals surface area contributed by atoms with Gasteiger partial charge in [0.25, 0.3) is 5.91 Å². The fourth-order valence-corrected chi connectivity index (χ4v) is 4.04. The average molecular weight is 567 g/mol. The Labute approximate surface area is 229 Å².